The zero-order chi connectivity index (χ0) is 8.39. The maximum absolute atomic E-state index is 4.08. The second-order valence-corrected chi connectivity index (χ2v) is 3.30. The quantitative estimate of drug-likeness (QED) is 0.619. The van der Waals surface area contributed by atoms with Crippen molar-refractivity contribution in [3.8, 4) is 0 Å². The van der Waals surface area contributed by atoms with Gasteiger partial charge >= 0.3 is 0 Å². The normalized spacial score (nSPS) is 18.2. The molecule has 1 aliphatic heterocycles. The SMILES string of the molecule is Cn1cc(N2CCCCC2)nn1. The van der Waals surface area contributed by atoms with Crippen molar-refractivity contribution in [3.05, 3.63) is 6.20 Å². The first-order chi connectivity index (χ1) is 5.86. The molecule has 0 N–H and O–H groups in total. The molecule has 0 aromatic carbocycles. The molecule has 0 bridgehead atoms. The lowest BCUT2D eigenvalue weighted by Gasteiger charge is -2.25. The molecule has 4 heteroatoms. The minimum atomic E-state index is 1.03. The molecule has 2 rings (SSSR count). The van der Waals surface area contributed by atoms with E-state index >= 15 is 0 Å². The van der Waals surface area contributed by atoms with E-state index in [4.69, 9.17) is 0 Å². The van der Waals surface area contributed by atoms with Gasteiger partial charge in [0.15, 0.2) is 5.82 Å². The topological polar surface area (TPSA) is 34.0 Å². The van der Waals surface area contributed by atoms with Crippen LogP contribution in [0.3, 0.4) is 0 Å². The van der Waals surface area contributed by atoms with Crippen LogP contribution < -0.4 is 4.90 Å². The number of aromatic nitrogens is 3. The zero-order valence-electron chi connectivity index (χ0n) is 7.40. The van der Waals surface area contributed by atoms with Crippen LogP contribution in [-0.2, 0) is 7.05 Å². The first-order valence-corrected chi connectivity index (χ1v) is 4.47. The van der Waals surface area contributed by atoms with Gasteiger partial charge in [0.25, 0.3) is 0 Å². The van der Waals surface area contributed by atoms with Crippen LogP contribution in [0.4, 0.5) is 5.82 Å². The Labute approximate surface area is 72.2 Å². The summed E-state index contributed by atoms with van der Waals surface area (Å²) in [6.07, 6.45) is 5.91. The van der Waals surface area contributed by atoms with Gasteiger partial charge in [-0.2, -0.15) is 0 Å². The van der Waals surface area contributed by atoms with Crippen LogP contribution in [0.15, 0.2) is 6.20 Å². The minimum absolute atomic E-state index is 1.03. The van der Waals surface area contributed by atoms with Crippen LogP contribution in [0.5, 0.6) is 0 Å². The summed E-state index contributed by atoms with van der Waals surface area (Å²) in [5, 5.41) is 8.00. The van der Waals surface area contributed by atoms with Crippen LogP contribution in [0.2, 0.25) is 0 Å². The smallest absolute Gasteiger partial charge is 0.171 e. The molecule has 1 aromatic rings. The third kappa shape index (κ3) is 1.42. The summed E-state index contributed by atoms with van der Waals surface area (Å²) >= 11 is 0. The summed E-state index contributed by atoms with van der Waals surface area (Å²) in [4.78, 5) is 2.30. The van der Waals surface area contributed by atoms with E-state index in [0.29, 0.717) is 0 Å². The third-order valence-corrected chi connectivity index (χ3v) is 2.27. The molecular formula is C8H14N4. The molecule has 1 saturated heterocycles. The van der Waals surface area contributed by atoms with E-state index in [2.05, 4.69) is 15.2 Å². The molecule has 4 nitrogen and oxygen atoms in total. The molecule has 1 aromatic heterocycles. The highest BCUT2D eigenvalue weighted by Gasteiger charge is 2.12. The van der Waals surface area contributed by atoms with Crippen molar-refractivity contribution >= 4 is 5.82 Å². The standard InChI is InChI=1S/C8H14N4/c1-11-7-8(9-10-11)12-5-3-2-4-6-12/h7H,2-6H2,1H3. The van der Waals surface area contributed by atoms with Crippen molar-refractivity contribution in [1.82, 2.24) is 15.0 Å². The van der Waals surface area contributed by atoms with E-state index in [1.807, 2.05) is 13.2 Å². The highest BCUT2D eigenvalue weighted by atomic mass is 15.4. The average molecular weight is 166 g/mol. The third-order valence-electron chi connectivity index (χ3n) is 2.27. The molecular weight excluding hydrogens is 152 g/mol. The fourth-order valence-corrected chi connectivity index (χ4v) is 1.60. The Kier molecular flexibility index (Phi) is 1.98. The second kappa shape index (κ2) is 3.13. The molecule has 0 saturated carbocycles. The van der Waals surface area contributed by atoms with Gasteiger partial charge < -0.3 is 4.90 Å². The van der Waals surface area contributed by atoms with Crippen molar-refractivity contribution in [1.29, 1.82) is 0 Å². The van der Waals surface area contributed by atoms with Crippen LogP contribution in [0.25, 0.3) is 0 Å². The number of hydrogen-bond acceptors (Lipinski definition) is 3. The molecule has 0 atom stereocenters. The Morgan fingerprint density at radius 3 is 2.58 bits per heavy atom. The van der Waals surface area contributed by atoms with Crippen molar-refractivity contribution in [2.45, 2.75) is 19.3 Å². The van der Waals surface area contributed by atoms with Gasteiger partial charge in [0.1, 0.15) is 0 Å². The summed E-state index contributed by atoms with van der Waals surface area (Å²) in [6.45, 7) is 2.28. The number of aryl methyl sites for hydroxylation is 1. The van der Waals surface area contributed by atoms with E-state index in [-0.39, 0.29) is 0 Å². The van der Waals surface area contributed by atoms with Crippen LogP contribution >= 0.6 is 0 Å². The van der Waals surface area contributed by atoms with Crippen LogP contribution in [0, 0.1) is 0 Å². The monoisotopic (exact) mass is 166 g/mol. The largest absolute Gasteiger partial charge is 0.354 e. The second-order valence-electron chi connectivity index (χ2n) is 3.30. The number of piperidine rings is 1. The number of anilines is 1. The molecule has 1 fully saturated rings. The van der Waals surface area contributed by atoms with Gasteiger partial charge in [0.2, 0.25) is 0 Å². The fraction of sp³-hybridized carbons (Fsp3) is 0.750. The van der Waals surface area contributed by atoms with E-state index in [9.17, 15) is 0 Å². The summed E-state index contributed by atoms with van der Waals surface area (Å²) in [5.74, 6) is 1.03. The lowest BCUT2D eigenvalue weighted by atomic mass is 10.1. The Morgan fingerprint density at radius 2 is 2.00 bits per heavy atom. The van der Waals surface area contributed by atoms with Crippen molar-refractivity contribution in [2.75, 3.05) is 18.0 Å². The van der Waals surface area contributed by atoms with Gasteiger partial charge in [-0.05, 0) is 19.3 Å². The summed E-state index contributed by atoms with van der Waals surface area (Å²) in [6, 6.07) is 0. The average Bonchev–Trinajstić information content (AvgIpc) is 2.54. The van der Waals surface area contributed by atoms with E-state index in [1.165, 1.54) is 19.3 Å². The van der Waals surface area contributed by atoms with Gasteiger partial charge in [-0.15, -0.1) is 5.10 Å². The fourth-order valence-electron chi connectivity index (χ4n) is 1.60. The molecule has 2 heterocycles. The van der Waals surface area contributed by atoms with E-state index in [1.54, 1.807) is 4.68 Å². The molecule has 0 spiro atoms. The Morgan fingerprint density at radius 1 is 1.25 bits per heavy atom. The first-order valence-electron chi connectivity index (χ1n) is 4.47. The Balaban J connectivity index is 2.08. The number of hydrogen-bond donors (Lipinski definition) is 0. The molecule has 1 aliphatic rings. The highest BCUT2D eigenvalue weighted by molar-refractivity contribution is 5.34. The van der Waals surface area contributed by atoms with E-state index in [0.717, 1.165) is 18.9 Å². The van der Waals surface area contributed by atoms with E-state index < -0.39 is 0 Å². The lowest BCUT2D eigenvalue weighted by Crippen LogP contribution is -2.29. The van der Waals surface area contributed by atoms with Gasteiger partial charge in [0, 0.05) is 20.1 Å². The minimum Gasteiger partial charge on any atom is -0.354 e. The number of rotatable bonds is 1. The zero-order valence-corrected chi connectivity index (χ0v) is 7.40. The molecule has 12 heavy (non-hydrogen) atoms. The van der Waals surface area contributed by atoms with Crippen molar-refractivity contribution in [2.24, 2.45) is 7.05 Å². The lowest BCUT2D eigenvalue weighted by molar-refractivity contribution is 0.573. The Hall–Kier alpha value is -1.06. The van der Waals surface area contributed by atoms with Crippen LogP contribution in [-0.4, -0.2) is 28.1 Å². The summed E-state index contributed by atoms with van der Waals surface area (Å²) < 4.78 is 1.75. The van der Waals surface area contributed by atoms with Gasteiger partial charge in [0.05, 0.1) is 6.20 Å². The summed E-state index contributed by atoms with van der Waals surface area (Å²) in [7, 11) is 1.90. The van der Waals surface area contributed by atoms with Crippen molar-refractivity contribution < 1.29 is 0 Å². The highest BCUT2D eigenvalue weighted by Crippen LogP contribution is 2.15. The molecule has 0 amide bonds. The molecule has 66 valence electrons. The Bertz CT molecular complexity index is 249. The van der Waals surface area contributed by atoms with Gasteiger partial charge in [-0.25, -0.2) is 0 Å². The maximum Gasteiger partial charge on any atom is 0.171 e. The maximum atomic E-state index is 4.08. The van der Waals surface area contributed by atoms with Gasteiger partial charge in [-0.1, -0.05) is 5.21 Å². The summed E-state index contributed by atoms with van der Waals surface area (Å²) in [5.41, 5.74) is 0. The molecule has 0 aliphatic carbocycles. The predicted molar refractivity (Wildman–Crippen MR) is 47.1 cm³/mol. The van der Waals surface area contributed by atoms with Crippen LogP contribution in [0.1, 0.15) is 19.3 Å². The number of nitrogens with zero attached hydrogens (tertiary/aromatic N) is 4. The molecule has 0 radical (unpaired) electrons. The molecule has 0 unspecified atom stereocenters. The van der Waals surface area contributed by atoms with Crippen molar-refractivity contribution in [3.63, 3.8) is 0 Å². The predicted octanol–water partition coefficient (Wildman–Crippen LogP) is 0.805. The first kappa shape index (κ1) is 7.58. The van der Waals surface area contributed by atoms with Gasteiger partial charge in [-0.3, -0.25) is 4.68 Å².